The Morgan fingerprint density at radius 2 is 0.500 bits per heavy atom. The van der Waals surface area contributed by atoms with Gasteiger partial charge in [0.15, 0.2) is 34.9 Å². The molecule has 0 bridgehead atoms. The second-order valence-corrected chi connectivity index (χ2v) is 30.4. The van der Waals surface area contributed by atoms with Crippen molar-refractivity contribution in [1.29, 1.82) is 0 Å². The van der Waals surface area contributed by atoms with Gasteiger partial charge in [0.05, 0.1) is 33.3 Å². The van der Waals surface area contributed by atoms with Gasteiger partial charge in [-0.2, -0.15) is 0 Å². The first-order chi connectivity index (χ1) is 56.8. The average Bonchev–Trinajstić information content (AvgIpc) is 1.40. The topological polar surface area (TPSA) is 174 Å². The summed E-state index contributed by atoms with van der Waals surface area (Å²) < 4.78 is 25.3. The van der Waals surface area contributed by atoms with E-state index in [-0.39, 0.29) is 11.2 Å². The van der Waals surface area contributed by atoms with Crippen molar-refractivity contribution >= 4 is 95.0 Å². The van der Waals surface area contributed by atoms with Crippen molar-refractivity contribution in [3.8, 4) is 124 Å². The molecule has 1 aliphatic heterocycles. The Kier molecular flexibility index (Phi) is 19.1. The average molecular weight is 1570 g/mol. The molecule has 1 saturated heterocycles. The number of hydrogen-bond donors (Lipinski definition) is 0. The largest absolute Gasteiger partial charge is 0.494 e. The zero-order chi connectivity index (χ0) is 78.3. The van der Waals surface area contributed by atoms with Crippen LogP contribution in [0.3, 0.4) is 0 Å². The Morgan fingerprint density at radius 1 is 0.233 bits per heavy atom. The minimum atomic E-state index is -0.391. The fraction of sp³-hybridized carbons (Fsp3) is 0.0600. The van der Waals surface area contributed by atoms with Crippen molar-refractivity contribution in [2.24, 2.45) is 0 Å². The maximum absolute atomic E-state index is 6.25. The van der Waals surface area contributed by atoms with E-state index in [0.29, 0.717) is 46.4 Å². The molecule has 0 spiro atoms. The molecule has 116 heavy (non-hydrogen) atoms. The van der Waals surface area contributed by atoms with Gasteiger partial charge in [0.25, 0.3) is 0 Å². The molecule has 0 aliphatic carbocycles. The highest BCUT2D eigenvalue weighted by Gasteiger charge is 2.51. The van der Waals surface area contributed by atoms with Crippen molar-refractivity contribution < 1.29 is 18.1 Å². The number of nitrogens with zero attached hydrogens (tertiary/aromatic N) is 10. The summed E-state index contributed by atoms with van der Waals surface area (Å²) in [6.45, 7) is 8.29. The predicted molar refractivity (Wildman–Crippen MR) is 470 cm³/mol. The standard InChI is InChI=1S/C47H29N5O.C39H34BN3O2.C14H7BrN2O/c1-3-10-30(11-4-1)31-22-24-35(25-23-31)45-50-44(34-12-5-2-6-13-34)51-46(52-45)38-15-9-14-36(28-38)32-18-20-33(21-19-32)37-26-27-42-39(29-37)43-47(53-42)49-41-17-8-7-16-40(41)48-43;1-38(2)39(3,4)45-40(44-38)34-24-22-29(23-25-34)32-16-11-17-33(26-32)37-42-35(30-14-9-6-10-15-30)41-36(43-37)31-20-18-28(19-21-31)27-12-7-5-8-13-27;15-8-5-6-12-9(7-8)13-14(18-12)17-11-4-2-1-3-10(11)16-13/h1-29H;5-26H,1-4H3;1-7H. The number of rotatable bonds is 12. The lowest BCUT2D eigenvalue weighted by Crippen LogP contribution is -2.41. The predicted octanol–water partition coefficient (Wildman–Crippen LogP) is 24.5. The van der Waals surface area contributed by atoms with Gasteiger partial charge in [-0.3, -0.25) is 0 Å². The van der Waals surface area contributed by atoms with Gasteiger partial charge in [0.2, 0.25) is 11.4 Å². The molecule has 14 aromatic carbocycles. The molecule has 554 valence electrons. The van der Waals surface area contributed by atoms with E-state index in [2.05, 4.69) is 254 Å². The first kappa shape index (κ1) is 72.1. The summed E-state index contributed by atoms with van der Waals surface area (Å²) in [5.74, 6) is 3.78. The van der Waals surface area contributed by atoms with E-state index in [1.807, 2.05) is 152 Å². The van der Waals surface area contributed by atoms with Crippen molar-refractivity contribution in [3.63, 3.8) is 0 Å². The molecule has 1 aliphatic rings. The Balaban J connectivity index is 0.000000128. The number of benzene rings is 14. The van der Waals surface area contributed by atoms with Gasteiger partial charge in [0, 0.05) is 48.6 Å². The van der Waals surface area contributed by atoms with Crippen LogP contribution in [0.25, 0.3) is 190 Å². The van der Waals surface area contributed by atoms with Crippen molar-refractivity contribution in [1.82, 2.24) is 49.8 Å². The Morgan fingerprint density at radius 3 is 0.897 bits per heavy atom. The normalized spacial score (nSPS) is 12.9. The van der Waals surface area contributed by atoms with Crippen LogP contribution in [0.5, 0.6) is 0 Å². The molecule has 20 aromatic rings. The number of furan rings is 2. The maximum atomic E-state index is 6.25. The van der Waals surface area contributed by atoms with E-state index >= 15 is 0 Å². The molecular weight excluding hydrogens is 1500 g/mol. The molecular formula is C100H70BBrN10O4. The smallest absolute Gasteiger partial charge is 0.436 e. The van der Waals surface area contributed by atoms with Crippen LogP contribution in [0.1, 0.15) is 27.7 Å². The zero-order valence-corrected chi connectivity index (χ0v) is 65.1. The molecule has 0 atom stereocenters. The quantitative estimate of drug-likeness (QED) is 0.106. The summed E-state index contributed by atoms with van der Waals surface area (Å²) in [7, 11) is -0.391. The lowest BCUT2D eigenvalue weighted by molar-refractivity contribution is 0.00578. The summed E-state index contributed by atoms with van der Waals surface area (Å²) in [6.07, 6.45) is 0. The number of hydrogen-bond acceptors (Lipinski definition) is 14. The fourth-order valence-corrected chi connectivity index (χ4v) is 14.7. The van der Waals surface area contributed by atoms with E-state index in [0.717, 1.165) is 143 Å². The van der Waals surface area contributed by atoms with E-state index in [1.165, 1.54) is 11.1 Å². The van der Waals surface area contributed by atoms with Crippen LogP contribution in [-0.2, 0) is 9.31 Å². The lowest BCUT2D eigenvalue weighted by Gasteiger charge is -2.32. The van der Waals surface area contributed by atoms with E-state index < -0.39 is 7.12 Å². The fourth-order valence-electron chi connectivity index (χ4n) is 14.4. The lowest BCUT2D eigenvalue weighted by atomic mass is 9.78. The van der Waals surface area contributed by atoms with Crippen LogP contribution in [0, 0.1) is 0 Å². The second-order valence-electron chi connectivity index (χ2n) is 29.5. The van der Waals surface area contributed by atoms with E-state index in [1.54, 1.807) is 0 Å². The molecule has 0 radical (unpaired) electrons. The minimum absolute atomic E-state index is 0.378. The Bertz CT molecular complexity index is 7010. The molecule has 0 saturated carbocycles. The van der Waals surface area contributed by atoms with Gasteiger partial charge in [-0.15, -0.1) is 0 Å². The highest BCUT2D eigenvalue weighted by molar-refractivity contribution is 9.10. The molecule has 0 N–H and O–H groups in total. The molecule has 21 rings (SSSR count). The monoisotopic (exact) mass is 1560 g/mol. The summed E-state index contributed by atoms with van der Waals surface area (Å²) in [5.41, 5.74) is 24.7. The van der Waals surface area contributed by atoms with Gasteiger partial charge in [-0.05, 0) is 156 Å². The Labute approximate surface area is 677 Å². The molecule has 7 heterocycles. The molecule has 14 nitrogen and oxygen atoms in total. The Hall–Kier alpha value is -14.2. The van der Waals surface area contributed by atoms with Crippen LogP contribution in [0.15, 0.2) is 365 Å². The second kappa shape index (κ2) is 30.7. The number of halogens is 1. The van der Waals surface area contributed by atoms with Gasteiger partial charge in [-0.25, -0.2) is 49.8 Å². The number of para-hydroxylation sites is 4. The van der Waals surface area contributed by atoms with Crippen molar-refractivity contribution in [2.75, 3.05) is 0 Å². The van der Waals surface area contributed by atoms with E-state index in [4.69, 9.17) is 58.0 Å². The summed E-state index contributed by atoms with van der Waals surface area (Å²) in [6, 6.07) is 119. The van der Waals surface area contributed by atoms with Gasteiger partial charge < -0.3 is 18.1 Å². The molecule has 0 amide bonds. The zero-order valence-electron chi connectivity index (χ0n) is 63.5. The van der Waals surface area contributed by atoms with Gasteiger partial charge in [0.1, 0.15) is 22.2 Å². The minimum Gasteiger partial charge on any atom is -0.436 e. The maximum Gasteiger partial charge on any atom is 0.494 e. The third-order valence-electron chi connectivity index (χ3n) is 21.3. The van der Waals surface area contributed by atoms with Crippen LogP contribution in [-0.4, -0.2) is 68.2 Å². The van der Waals surface area contributed by atoms with Gasteiger partial charge in [-0.1, -0.05) is 301 Å². The SMILES string of the molecule is Brc1ccc2oc3nc4ccccc4nc3c2c1.CC1(C)OB(c2ccc(-c3cccc(-c4nc(-c5ccccc5)nc(-c5ccc(-c6ccccc6)cc5)n4)c3)cc2)OC1(C)C.c1ccc(-c2ccc(-c3nc(-c4ccccc4)nc(-c4cccc(-c5ccc(-c6ccc7oc8nc9ccccc9nc8c7c6)cc5)c4)n3)cc2)cc1. The third kappa shape index (κ3) is 14.8. The van der Waals surface area contributed by atoms with Gasteiger partial charge >= 0.3 is 7.12 Å². The highest BCUT2D eigenvalue weighted by atomic mass is 79.9. The molecule has 1 fully saturated rings. The first-order valence-electron chi connectivity index (χ1n) is 38.3. The van der Waals surface area contributed by atoms with Crippen molar-refractivity contribution in [3.05, 3.63) is 356 Å². The van der Waals surface area contributed by atoms with Crippen LogP contribution >= 0.6 is 15.9 Å². The number of aromatic nitrogens is 10. The molecule has 16 heteroatoms. The van der Waals surface area contributed by atoms with E-state index in [9.17, 15) is 0 Å². The summed E-state index contributed by atoms with van der Waals surface area (Å²) >= 11 is 3.46. The first-order valence-corrected chi connectivity index (χ1v) is 39.1. The number of fused-ring (bicyclic) bond motifs is 8. The highest BCUT2D eigenvalue weighted by Crippen LogP contribution is 2.40. The summed E-state index contributed by atoms with van der Waals surface area (Å²) in [4.78, 5) is 48.4. The van der Waals surface area contributed by atoms with Crippen LogP contribution < -0.4 is 5.46 Å². The van der Waals surface area contributed by atoms with Crippen LogP contribution in [0.4, 0.5) is 0 Å². The third-order valence-corrected chi connectivity index (χ3v) is 21.8. The molecule has 0 unspecified atom stereocenters. The molecule has 6 aromatic heterocycles. The van der Waals surface area contributed by atoms with Crippen LogP contribution in [0.2, 0.25) is 0 Å². The summed E-state index contributed by atoms with van der Waals surface area (Å²) in [5, 5.41) is 1.93. The van der Waals surface area contributed by atoms with Crippen molar-refractivity contribution in [2.45, 2.75) is 38.9 Å².